The highest BCUT2D eigenvalue weighted by Crippen LogP contribution is 2.16. The van der Waals surface area contributed by atoms with Crippen LogP contribution in [-0.4, -0.2) is 19.1 Å². The summed E-state index contributed by atoms with van der Waals surface area (Å²) in [6, 6.07) is -0.539. The molecule has 0 bridgehead atoms. The lowest BCUT2D eigenvalue weighted by Gasteiger charge is -2.25. The predicted octanol–water partition coefficient (Wildman–Crippen LogP) is 0.0374. The van der Waals surface area contributed by atoms with Gasteiger partial charge in [-0.25, -0.2) is 5.48 Å². The minimum absolute atomic E-state index is 0.234. The molecule has 0 aromatic rings. The van der Waals surface area contributed by atoms with E-state index in [9.17, 15) is 4.79 Å². The van der Waals surface area contributed by atoms with Crippen molar-refractivity contribution in [1.82, 2.24) is 5.48 Å². The molecule has 1 amide bonds. The van der Waals surface area contributed by atoms with Gasteiger partial charge in [0.2, 0.25) is 0 Å². The molecule has 0 saturated heterocycles. The summed E-state index contributed by atoms with van der Waals surface area (Å²) < 4.78 is 0. The van der Waals surface area contributed by atoms with Gasteiger partial charge < -0.3 is 5.73 Å². The molecule has 66 valence electrons. The van der Waals surface area contributed by atoms with Gasteiger partial charge >= 0.3 is 0 Å². The Balaban J connectivity index is 4.03. The number of carbonyl (C=O) groups is 1. The molecule has 0 aliphatic heterocycles. The molecule has 0 aliphatic carbocycles. The van der Waals surface area contributed by atoms with Crippen molar-refractivity contribution in [3.63, 3.8) is 0 Å². The molecule has 0 fully saturated rings. The number of hydrogen-bond donors (Lipinski definition) is 2. The Hall–Kier alpha value is -0.610. The number of amides is 1. The highest BCUT2D eigenvalue weighted by molar-refractivity contribution is 5.81. The molecular formula is C7H16N2O2. The first-order chi connectivity index (χ1) is 4.89. The van der Waals surface area contributed by atoms with Gasteiger partial charge in [-0.3, -0.25) is 9.63 Å². The van der Waals surface area contributed by atoms with Crippen LogP contribution in [0.15, 0.2) is 0 Å². The first-order valence-corrected chi connectivity index (χ1v) is 3.48. The largest absolute Gasteiger partial charge is 0.319 e. The first-order valence-electron chi connectivity index (χ1n) is 3.48. The van der Waals surface area contributed by atoms with Gasteiger partial charge in [0.05, 0.1) is 13.2 Å². The average molecular weight is 160 g/mol. The maximum Gasteiger partial charge on any atom is 0.260 e. The highest BCUT2D eigenvalue weighted by atomic mass is 16.6. The average Bonchev–Trinajstić information content (AvgIpc) is 1.85. The zero-order chi connectivity index (χ0) is 9.07. The zero-order valence-corrected chi connectivity index (χ0v) is 7.47. The maximum atomic E-state index is 11.0. The standard InChI is InChI=1S/C7H16N2O2/c1-7(2,3)5(8)6(10)9-11-4/h5H,8H2,1-4H3,(H,9,10)/t5-/m1/s1. The monoisotopic (exact) mass is 160 g/mol. The van der Waals surface area contributed by atoms with Crippen LogP contribution in [0.3, 0.4) is 0 Å². The summed E-state index contributed by atoms with van der Waals surface area (Å²) in [7, 11) is 1.38. The van der Waals surface area contributed by atoms with Gasteiger partial charge in [0.25, 0.3) is 5.91 Å². The molecular weight excluding hydrogens is 144 g/mol. The summed E-state index contributed by atoms with van der Waals surface area (Å²) in [5, 5.41) is 0. The lowest BCUT2D eigenvalue weighted by atomic mass is 9.87. The van der Waals surface area contributed by atoms with E-state index in [2.05, 4.69) is 10.3 Å². The quantitative estimate of drug-likeness (QED) is 0.560. The summed E-state index contributed by atoms with van der Waals surface area (Å²) in [5.74, 6) is -0.292. The number of hydrogen-bond acceptors (Lipinski definition) is 3. The van der Waals surface area contributed by atoms with E-state index in [4.69, 9.17) is 5.73 Å². The van der Waals surface area contributed by atoms with Gasteiger partial charge in [0, 0.05) is 0 Å². The second-order valence-electron chi connectivity index (χ2n) is 3.51. The fourth-order valence-corrected chi connectivity index (χ4v) is 0.557. The Morgan fingerprint density at radius 2 is 2.00 bits per heavy atom. The van der Waals surface area contributed by atoms with E-state index in [1.54, 1.807) is 0 Å². The number of nitrogens with one attached hydrogen (secondary N) is 1. The van der Waals surface area contributed by atoms with Crippen LogP contribution in [0.25, 0.3) is 0 Å². The van der Waals surface area contributed by atoms with E-state index in [-0.39, 0.29) is 11.3 Å². The van der Waals surface area contributed by atoms with Gasteiger partial charge in [-0.1, -0.05) is 20.8 Å². The van der Waals surface area contributed by atoms with Crippen molar-refractivity contribution in [2.75, 3.05) is 7.11 Å². The van der Waals surface area contributed by atoms with E-state index in [0.29, 0.717) is 0 Å². The van der Waals surface area contributed by atoms with Crippen LogP contribution < -0.4 is 11.2 Å². The molecule has 0 rings (SSSR count). The summed E-state index contributed by atoms with van der Waals surface area (Å²) in [6.45, 7) is 5.69. The third-order valence-corrected chi connectivity index (χ3v) is 1.42. The zero-order valence-electron chi connectivity index (χ0n) is 7.47. The second-order valence-corrected chi connectivity index (χ2v) is 3.51. The van der Waals surface area contributed by atoms with Crippen LogP contribution in [0.1, 0.15) is 20.8 Å². The molecule has 0 unspecified atom stereocenters. The third kappa shape index (κ3) is 3.34. The van der Waals surface area contributed by atoms with Gasteiger partial charge in [-0.2, -0.15) is 0 Å². The number of nitrogens with two attached hydrogens (primary N) is 1. The molecule has 3 N–H and O–H groups in total. The van der Waals surface area contributed by atoms with Gasteiger partial charge in [-0.15, -0.1) is 0 Å². The summed E-state index contributed by atoms with van der Waals surface area (Å²) in [5.41, 5.74) is 7.54. The Bertz CT molecular complexity index is 140. The number of carbonyl (C=O) groups excluding carboxylic acids is 1. The van der Waals surface area contributed by atoms with E-state index < -0.39 is 6.04 Å². The van der Waals surface area contributed by atoms with Crippen molar-refractivity contribution < 1.29 is 9.63 Å². The molecule has 1 atom stereocenters. The van der Waals surface area contributed by atoms with Gasteiger partial charge in [0.1, 0.15) is 0 Å². The summed E-state index contributed by atoms with van der Waals surface area (Å²) in [6.07, 6.45) is 0. The van der Waals surface area contributed by atoms with Crippen molar-refractivity contribution in [2.45, 2.75) is 26.8 Å². The lowest BCUT2D eigenvalue weighted by molar-refractivity contribution is -0.134. The third-order valence-electron chi connectivity index (χ3n) is 1.42. The smallest absolute Gasteiger partial charge is 0.260 e. The number of hydroxylamine groups is 1. The van der Waals surface area contributed by atoms with Gasteiger partial charge in [-0.05, 0) is 5.41 Å². The van der Waals surface area contributed by atoms with Crippen LogP contribution in [0.5, 0.6) is 0 Å². The lowest BCUT2D eigenvalue weighted by Crippen LogP contribution is -2.48. The fourth-order valence-electron chi connectivity index (χ4n) is 0.557. The molecule has 0 radical (unpaired) electrons. The molecule has 0 aliphatic rings. The van der Waals surface area contributed by atoms with Crippen molar-refractivity contribution in [2.24, 2.45) is 11.1 Å². The Labute approximate surface area is 67.0 Å². The van der Waals surface area contributed by atoms with Crippen molar-refractivity contribution in [1.29, 1.82) is 0 Å². The van der Waals surface area contributed by atoms with Crippen LogP contribution in [0.2, 0.25) is 0 Å². The molecule has 4 nitrogen and oxygen atoms in total. The van der Waals surface area contributed by atoms with Crippen molar-refractivity contribution >= 4 is 5.91 Å². The van der Waals surface area contributed by atoms with Crippen molar-refractivity contribution in [3.8, 4) is 0 Å². The van der Waals surface area contributed by atoms with Crippen LogP contribution in [0, 0.1) is 5.41 Å². The Kier molecular flexibility index (Phi) is 3.48. The SMILES string of the molecule is CONC(=O)[C@@H](N)C(C)(C)C. The van der Waals surface area contributed by atoms with E-state index in [1.807, 2.05) is 20.8 Å². The summed E-state index contributed by atoms with van der Waals surface area (Å²) >= 11 is 0. The normalized spacial score (nSPS) is 14.3. The van der Waals surface area contributed by atoms with E-state index in [1.165, 1.54) is 7.11 Å². The predicted molar refractivity (Wildman–Crippen MR) is 42.6 cm³/mol. The van der Waals surface area contributed by atoms with Crippen LogP contribution in [0.4, 0.5) is 0 Å². The fraction of sp³-hybridized carbons (Fsp3) is 0.857. The molecule has 0 spiro atoms. The first kappa shape index (κ1) is 10.4. The minimum atomic E-state index is -0.539. The minimum Gasteiger partial charge on any atom is -0.319 e. The summed E-state index contributed by atoms with van der Waals surface area (Å²) in [4.78, 5) is 15.5. The van der Waals surface area contributed by atoms with Crippen LogP contribution >= 0.6 is 0 Å². The Morgan fingerprint density at radius 1 is 1.55 bits per heavy atom. The topological polar surface area (TPSA) is 64.3 Å². The van der Waals surface area contributed by atoms with Crippen LogP contribution in [-0.2, 0) is 9.63 Å². The number of rotatable bonds is 2. The highest BCUT2D eigenvalue weighted by Gasteiger charge is 2.27. The maximum absolute atomic E-state index is 11.0. The molecule has 0 aromatic carbocycles. The van der Waals surface area contributed by atoms with E-state index >= 15 is 0 Å². The molecule has 0 aromatic heterocycles. The van der Waals surface area contributed by atoms with E-state index in [0.717, 1.165) is 0 Å². The molecule has 11 heavy (non-hydrogen) atoms. The molecule has 0 heterocycles. The molecule has 4 heteroatoms. The molecule has 0 saturated carbocycles. The van der Waals surface area contributed by atoms with Gasteiger partial charge in [0.15, 0.2) is 0 Å². The second kappa shape index (κ2) is 3.69. The Morgan fingerprint density at radius 3 is 2.27 bits per heavy atom. The van der Waals surface area contributed by atoms with Crippen molar-refractivity contribution in [3.05, 3.63) is 0 Å².